The fourth-order valence-electron chi connectivity index (χ4n) is 7.95. The van der Waals surface area contributed by atoms with Crippen molar-refractivity contribution < 1.29 is 0 Å². The standard InChI is InChI=1S/C47H34/c1-47(2)43-23-12-11-20-37(43)38-26-24-35(30-44(38)47)33-18-13-19-36(28-33)46-40-22-10-9-21-39(40)45(32-16-7-4-8-17-32)42-29-34(25-27-41(42)46)31-14-5-3-6-15-31/h3-30H,1-2H3. The van der Waals surface area contributed by atoms with Gasteiger partial charge in [-0.2, -0.15) is 0 Å². The number of benzene rings is 8. The van der Waals surface area contributed by atoms with Crippen LogP contribution in [0, 0.1) is 0 Å². The molecule has 0 unspecified atom stereocenters. The molecule has 0 heteroatoms. The summed E-state index contributed by atoms with van der Waals surface area (Å²) in [6, 6.07) is 62.6. The van der Waals surface area contributed by atoms with Gasteiger partial charge in [-0.15, -0.1) is 0 Å². The molecule has 0 radical (unpaired) electrons. The topological polar surface area (TPSA) is 0 Å². The molecule has 0 heterocycles. The quantitative estimate of drug-likeness (QED) is 0.177. The summed E-state index contributed by atoms with van der Waals surface area (Å²) in [6.07, 6.45) is 0. The van der Waals surface area contributed by atoms with Crippen molar-refractivity contribution in [3.05, 3.63) is 181 Å². The maximum atomic E-state index is 2.43. The molecule has 8 aromatic rings. The van der Waals surface area contributed by atoms with E-state index in [9.17, 15) is 0 Å². The first-order valence-corrected chi connectivity index (χ1v) is 16.5. The van der Waals surface area contributed by atoms with Crippen molar-refractivity contribution in [3.63, 3.8) is 0 Å². The minimum absolute atomic E-state index is 0.0321. The van der Waals surface area contributed by atoms with Crippen LogP contribution >= 0.6 is 0 Å². The van der Waals surface area contributed by atoms with Crippen LogP contribution in [0.4, 0.5) is 0 Å². The van der Waals surface area contributed by atoms with Crippen molar-refractivity contribution in [3.8, 4) is 55.6 Å². The Kier molecular flexibility index (Phi) is 6.27. The van der Waals surface area contributed by atoms with Crippen LogP contribution in [0.1, 0.15) is 25.0 Å². The summed E-state index contributed by atoms with van der Waals surface area (Å²) in [5.41, 5.74) is 15.5. The van der Waals surface area contributed by atoms with Crippen molar-refractivity contribution in [1.29, 1.82) is 0 Å². The molecular formula is C47H34. The van der Waals surface area contributed by atoms with E-state index in [-0.39, 0.29) is 5.41 Å². The van der Waals surface area contributed by atoms with Gasteiger partial charge < -0.3 is 0 Å². The number of hydrogen-bond acceptors (Lipinski definition) is 0. The molecule has 47 heavy (non-hydrogen) atoms. The first-order chi connectivity index (χ1) is 23.1. The lowest BCUT2D eigenvalue weighted by molar-refractivity contribution is 0.660. The minimum atomic E-state index is -0.0321. The first kappa shape index (κ1) is 27.6. The van der Waals surface area contributed by atoms with Crippen molar-refractivity contribution in [2.24, 2.45) is 0 Å². The van der Waals surface area contributed by atoms with Crippen LogP contribution < -0.4 is 0 Å². The third-order valence-corrected chi connectivity index (χ3v) is 10.3. The van der Waals surface area contributed by atoms with E-state index < -0.39 is 0 Å². The van der Waals surface area contributed by atoms with Gasteiger partial charge in [0.25, 0.3) is 0 Å². The normalized spacial score (nSPS) is 13.1. The Morgan fingerprint density at radius 1 is 0.298 bits per heavy atom. The average molecular weight is 599 g/mol. The summed E-state index contributed by atoms with van der Waals surface area (Å²) < 4.78 is 0. The van der Waals surface area contributed by atoms with Crippen LogP contribution in [-0.4, -0.2) is 0 Å². The summed E-state index contributed by atoms with van der Waals surface area (Å²) in [7, 11) is 0. The summed E-state index contributed by atoms with van der Waals surface area (Å²) in [5.74, 6) is 0. The van der Waals surface area contributed by atoms with E-state index in [1.807, 2.05) is 0 Å². The van der Waals surface area contributed by atoms with Gasteiger partial charge in [-0.25, -0.2) is 0 Å². The number of hydrogen-bond donors (Lipinski definition) is 0. The third-order valence-electron chi connectivity index (χ3n) is 10.3. The molecule has 0 spiro atoms. The van der Waals surface area contributed by atoms with Crippen molar-refractivity contribution in [2.75, 3.05) is 0 Å². The predicted octanol–water partition coefficient (Wildman–Crippen LogP) is 13.0. The van der Waals surface area contributed by atoms with E-state index in [1.54, 1.807) is 0 Å². The lowest BCUT2D eigenvalue weighted by Gasteiger charge is -2.22. The van der Waals surface area contributed by atoms with Gasteiger partial charge in [-0.1, -0.05) is 166 Å². The molecule has 0 atom stereocenters. The number of fused-ring (bicyclic) bond motifs is 5. The van der Waals surface area contributed by atoms with Crippen LogP contribution in [0.25, 0.3) is 77.2 Å². The molecule has 0 saturated heterocycles. The Labute approximate surface area is 276 Å². The fourth-order valence-corrected chi connectivity index (χ4v) is 7.95. The molecule has 0 N–H and O–H groups in total. The van der Waals surface area contributed by atoms with Crippen LogP contribution in [0.3, 0.4) is 0 Å². The van der Waals surface area contributed by atoms with E-state index in [2.05, 4.69) is 184 Å². The molecule has 222 valence electrons. The first-order valence-electron chi connectivity index (χ1n) is 16.5. The van der Waals surface area contributed by atoms with Crippen molar-refractivity contribution in [1.82, 2.24) is 0 Å². The molecular weight excluding hydrogens is 565 g/mol. The zero-order valence-corrected chi connectivity index (χ0v) is 26.7. The summed E-state index contributed by atoms with van der Waals surface area (Å²) >= 11 is 0. The van der Waals surface area contributed by atoms with Gasteiger partial charge in [-0.05, 0) is 107 Å². The smallest absolute Gasteiger partial charge is 0.0159 e. The van der Waals surface area contributed by atoms with Crippen LogP contribution in [0.15, 0.2) is 170 Å². The SMILES string of the molecule is CC1(C)c2ccccc2-c2ccc(-c3cccc(-c4c5ccccc5c(-c5ccccc5)c5cc(-c6ccccc6)ccc45)c3)cc21. The zero-order valence-electron chi connectivity index (χ0n) is 26.7. The highest BCUT2D eigenvalue weighted by molar-refractivity contribution is 6.22. The monoisotopic (exact) mass is 598 g/mol. The Balaban J connectivity index is 1.28. The highest BCUT2D eigenvalue weighted by Gasteiger charge is 2.35. The van der Waals surface area contributed by atoms with E-state index in [1.165, 1.54) is 88.3 Å². The Morgan fingerprint density at radius 3 is 1.57 bits per heavy atom. The minimum Gasteiger partial charge on any atom is -0.0622 e. The van der Waals surface area contributed by atoms with Crippen LogP contribution in [0.2, 0.25) is 0 Å². The molecule has 0 aliphatic heterocycles. The molecule has 8 aromatic carbocycles. The second-order valence-corrected chi connectivity index (χ2v) is 13.3. The Hall–Kier alpha value is -5.72. The predicted molar refractivity (Wildman–Crippen MR) is 201 cm³/mol. The molecule has 0 aromatic heterocycles. The summed E-state index contributed by atoms with van der Waals surface area (Å²) in [5, 5.41) is 5.08. The Morgan fingerprint density at radius 2 is 0.809 bits per heavy atom. The van der Waals surface area contributed by atoms with Crippen molar-refractivity contribution in [2.45, 2.75) is 19.3 Å². The van der Waals surface area contributed by atoms with Gasteiger partial charge in [0.05, 0.1) is 0 Å². The molecule has 0 fully saturated rings. The fraction of sp³-hybridized carbons (Fsp3) is 0.0638. The highest BCUT2D eigenvalue weighted by Crippen LogP contribution is 2.50. The van der Waals surface area contributed by atoms with Crippen LogP contribution in [-0.2, 0) is 5.41 Å². The average Bonchev–Trinajstić information content (AvgIpc) is 3.36. The maximum absolute atomic E-state index is 2.43. The maximum Gasteiger partial charge on any atom is 0.0159 e. The molecule has 0 amide bonds. The van der Waals surface area contributed by atoms with E-state index >= 15 is 0 Å². The van der Waals surface area contributed by atoms with E-state index in [0.717, 1.165) is 0 Å². The van der Waals surface area contributed by atoms with Gasteiger partial charge in [0.1, 0.15) is 0 Å². The summed E-state index contributed by atoms with van der Waals surface area (Å²) in [4.78, 5) is 0. The Bertz CT molecular complexity index is 2460. The van der Waals surface area contributed by atoms with Gasteiger partial charge in [0, 0.05) is 5.41 Å². The van der Waals surface area contributed by atoms with Gasteiger partial charge in [-0.3, -0.25) is 0 Å². The van der Waals surface area contributed by atoms with E-state index in [4.69, 9.17) is 0 Å². The third kappa shape index (κ3) is 4.37. The van der Waals surface area contributed by atoms with Gasteiger partial charge in [0.2, 0.25) is 0 Å². The largest absolute Gasteiger partial charge is 0.0622 e. The zero-order chi connectivity index (χ0) is 31.5. The molecule has 0 bridgehead atoms. The van der Waals surface area contributed by atoms with Crippen LogP contribution in [0.5, 0.6) is 0 Å². The second kappa shape index (κ2) is 10.7. The lowest BCUT2D eigenvalue weighted by atomic mass is 9.81. The molecule has 1 aliphatic carbocycles. The highest BCUT2D eigenvalue weighted by atomic mass is 14.4. The van der Waals surface area contributed by atoms with Gasteiger partial charge >= 0.3 is 0 Å². The van der Waals surface area contributed by atoms with E-state index in [0.29, 0.717) is 0 Å². The van der Waals surface area contributed by atoms with Gasteiger partial charge in [0.15, 0.2) is 0 Å². The lowest BCUT2D eigenvalue weighted by Crippen LogP contribution is -2.14. The molecule has 0 saturated carbocycles. The molecule has 0 nitrogen and oxygen atoms in total. The molecule has 9 rings (SSSR count). The second-order valence-electron chi connectivity index (χ2n) is 13.3. The van der Waals surface area contributed by atoms with Crippen molar-refractivity contribution >= 4 is 21.5 Å². The summed E-state index contributed by atoms with van der Waals surface area (Å²) in [6.45, 7) is 4.71. The number of rotatable bonds is 4. The molecule has 1 aliphatic rings.